The molecule has 0 saturated carbocycles. The second-order valence-electron chi connectivity index (χ2n) is 7.71. The van der Waals surface area contributed by atoms with Crippen LogP contribution in [0.1, 0.15) is 40.5 Å². The van der Waals surface area contributed by atoms with Crippen LogP contribution in [0.15, 0.2) is 46.9 Å². The summed E-state index contributed by atoms with van der Waals surface area (Å²) >= 11 is 0. The van der Waals surface area contributed by atoms with E-state index in [1.807, 2.05) is 56.3 Å². The van der Waals surface area contributed by atoms with Crippen LogP contribution in [-0.4, -0.2) is 35.4 Å². The van der Waals surface area contributed by atoms with Gasteiger partial charge in [0, 0.05) is 12.1 Å². The molecule has 2 heterocycles. The Hall–Kier alpha value is -2.66. The molecule has 2 aromatic carbocycles. The lowest BCUT2D eigenvalue weighted by atomic mass is 9.96. The molecule has 0 radical (unpaired) electrons. The van der Waals surface area contributed by atoms with Gasteiger partial charge in [0.2, 0.25) is 5.89 Å². The van der Waals surface area contributed by atoms with Crippen molar-refractivity contribution in [2.75, 3.05) is 19.6 Å². The van der Waals surface area contributed by atoms with E-state index >= 15 is 0 Å². The monoisotopic (exact) mass is 377 g/mol. The molecule has 1 saturated heterocycles. The molecule has 1 amide bonds. The number of benzene rings is 2. The lowest BCUT2D eigenvalue weighted by Crippen LogP contribution is -2.38. The number of oxazole rings is 1. The van der Waals surface area contributed by atoms with Gasteiger partial charge in [0.05, 0.1) is 12.2 Å². The van der Waals surface area contributed by atoms with Crippen molar-refractivity contribution in [2.24, 2.45) is 5.92 Å². The summed E-state index contributed by atoms with van der Waals surface area (Å²) in [5.74, 6) is 2.24. The molecule has 146 valence electrons. The average Bonchev–Trinajstić information content (AvgIpc) is 3.03. The van der Waals surface area contributed by atoms with Gasteiger partial charge in [-0.15, -0.1) is 0 Å². The molecule has 28 heavy (non-hydrogen) atoms. The zero-order valence-corrected chi connectivity index (χ0v) is 16.6. The minimum Gasteiger partial charge on any atom is -0.444 e. The third-order valence-electron chi connectivity index (χ3n) is 5.72. The SMILES string of the molecule is Cc1nc(CN2CCC(CNC(=O)c3cccc4ccccc34)CC2)oc1C. The number of fused-ring (bicyclic) bond motifs is 1. The zero-order chi connectivity index (χ0) is 19.5. The highest BCUT2D eigenvalue weighted by Gasteiger charge is 2.21. The number of carbonyl (C=O) groups is 1. The number of amides is 1. The van der Waals surface area contributed by atoms with Crippen molar-refractivity contribution in [1.82, 2.24) is 15.2 Å². The van der Waals surface area contributed by atoms with E-state index in [1.54, 1.807) is 0 Å². The fraction of sp³-hybridized carbons (Fsp3) is 0.391. The van der Waals surface area contributed by atoms with Crippen LogP contribution in [0.5, 0.6) is 0 Å². The number of likely N-dealkylation sites (tertiary alicyclic amines) is 1. The quantitative estimate of drug-likeness (QED) is 0.728. The maximum atomic E-state index is 12.7. The van der Waals surface area contributed by atoms with E-state index in [-0.39, 0.29) is 5.91 Å². The summed E-state index contributed by atoms with van der Waals surface area (Å²) < 4.78 is 5.70. The van der Waals surface area contributed by atoms with Crippen molar-refractivity contribution < 1.29 is 9.21 Å². The molecule has 0 atom stereocenters. The number of rotatable bonds is 5. The predicted molar refractivity (Wildman–Crippen MR) is 110 cm³/mol. The van der Waals surface area contributed by atoms with Gasteiger partial charge in [0.15, 0.2) is 0 Å². The van der Waals surface area contributed by atoms with Crippen molar-refractivity contribution in [1.29, 1.82) is 0 Å². The largest absolute Gasteiger partial charge is 0.444 e. The van der Waals surface area contributed by atoms with Crippen LogP contribution >= 0.6 is 0 Å². The number of nitrogens with zero attached hydrogens (tertiary/aromatic N) is 2. The van der Waals surface area contributed by atoms with Gasteiger partial charge in [-0.05, 0) is 62.5 Å². The predicted octanol–water partition coefficient (Wildman–Crippen LogP) is 4.09. The van der Waals surface area contributed by atoms with Gasteiger partial charge in [-0.1, -0.05) is 36.4 Å². The highest BCUT2D eigenvalue weighted by atomic mass is 16.4. The Morgan fingerprint density at radius 3 is 2.64 bits per heavy atom. The minimum absolute atomic E-state index is 0.0185. The second kappa shape index (κ2) is 8.15. The Bertz CT molecular complexity index is 946. The normalized spacial score (nSPS) is 15.8. The summed E-state index contributed by atoms with van der Waals surface area (Å²) in [6, 6.07) is 13.9. The maximum Gasteiger partial charge on any atom is 0.251 e. The number of aromatic nitrogens is 1. The first-order valence-corrected chi connectivity index (χ1v) is 10.0. The first kappa shape index (κ1) is 18.7. The Morgan fingerprint density at radius 1 is 1.14 bits per heavy atom. The second-order valence-corrected chi connectivity index (χ2v) is 7.71. The molecule has 3 aromatic rings. The Kier molecular flexibility index (Phi) is 5.44. The number of carbonyl (C=O) groups excluding carboxylic acids is 1. The molecule has 0 bridgehead atoms. The van der Waals surface area contributed by atoms with E-state index in [9.17, 15) is 4.79 Å². The topological polar surface area (TPSA) is 58.4 Å². The average molecular weight is 377 g/mol. The molecule has 1 fully saturated rings. The molecule has 0 spiro atoms. The van der Waals surface area contributed by atoms with E-state index in [1.165, 1.54) is 0 Å². The van der Waals surface area contributed by atoms with Crippen LogP contribution in [0.2, 0.25) is 0 Å². The van der Waals surface area contributed by atoms with Gasteiger partial charge >= 0.3 is 0 Å². The van der Waals surface area contributed by atoms with Crippen molar-refractivity contribution in [3.8, 4) is 0 Å². The molecule has 4 rings (SSSR count). The van der Waals surface area contributed by atoms with Gasteiger partial charge in [0.25, 0.3) is 5.91 Å². The van der Waals surface area contributed by atoms with Gasteiger partial charge in [-0.3, -0.25) is 9.69 Å². The van der Waals surface area contributed by atoms with Gasteiger partial charge in [-0.2, -0.15) is 0 Å². The van der Waals surface area contributed by atoms with Crippen LogP contribution in [0.3, 0.4) is 0 Å². The maximum absolute atomic E-state index is 12.7. The molecular weight excluding hydrogens is 350 g/mol. The van der Waals surface area contributed by atoms with Crippen molar-refractivity contribution in [3.63, 3.8) is 0 Å². The van der Waals surface area contributed by atoms with Crippen LogP contribution in [0.4, 0.5) is 0 Å². The third kappa shape index (κ3) is 4.09. The van der Waals surface area contributed by atoms with Gasteiger partial charge in [-0.25, -0.2) is 4.98 Å². The summed E-state index contributed by atoms with van der Waals surface area (Å²) in [5, 5.41) is 5.25. The lowest BCUT2D eigenvalue weighted by molar-refractivity contribution is 0.0935. The first-order valence-electron chi connectivity index (χ1n) is 10.0. The van der Waals surface area contributed by atoms with Gasteiger partial charge < -0.3 is 9.73 Å². The molecule has 1 aromatic heterocycles. The number of hydrogen-bond donors (Lipinski definition) is 1. The summed E-state index contributed by atoms with van der Waals surface area (Å²) in [6.07, 6.45) is 2.16. The fourth-order valence-corrected chi connectivity index (χ4v) is 3.90. The standard InChI is InChI=1S/C23H27N3O2/c1-16-17(2)28-22(25-16)15-26-12-10-18(11-13-26)14-24-23(27)21-9-5-7-19-6-3-4-8-20(19)21/h3-9,18H,10-15H2,1-2H3,(H,24,27). The summed E-state index contributed by atoms with van der Waals surface area (Å²) in [6.45, 7) is 7.45. The number of piperidine rings is 1. The number of nitrogens with one attached hydrogen (secondary N) is 1. The Morgan fingerprint density at radius 2 is 1.89 bits per heavy atom. The van der Waals surface area contributed by atoms with Crippen LogP contribution < -0.4 is 5.32 Å². The summed E-state index contributed by atoms with van der Waals surface area (Å²) in [7, 11) is 0. The lowest BCUT2D eigenvalue weighted by Gasteiger charge is -2.31. The molecular formula is C23H27N3O2. The van der Waals surface area contributed by atoms with E-state index in [4.69, 9.17) is 4.42 Å². The summed E-state index contributed by atoms with van der Waals surface area (Å²) in [4.78, 5) is 19.6. The zero-order valence-electron chi connectivity index (χ0n) is 16.6. The molecule has 1 N–H and O–H groups in total. The van der Waals surface area contributed by atoms with E-state index in [0.717, 1.165) is 72.7 Å². The smallest absolute Gasteiger partial charge is 0.251 e. The summed E-state index contributed by atoms with van der Waals surface area (Å²) in [5.41, 5.74) is 1.73. The van der Waals surface area contributed by atoms with Crippen LogP contribution in [0.25, 0.3) is 10.8 Å². The van der Waals surface area contributed by atoms with Crippen LogP contribution in [-0.2, 0) is 6.54 Å². The Labute approximate surface area is 165 Å². The van der Waals surface area contributed by atoms with Gasteiger partial charge in [0.1, 0.15) is 5.76 Å². The Balaban J connectivity index is 1.28. The van der Waals surface area contributed by atoms with E-state index < -0.39 is 0 Å². The molecule has 0 aliphatic carbocycles. The van der Waals surface area contributed by atoms with Crippen molar-refractivity contribution >= 4 is 16.7 Å². The molecule has 5 heteroatoms. The minimum atomic E-state index is 0.0185. The fourth-order valence-electron chi connectivity index (χ4n) is 3.90. The highest BCUT2D eigenvalue weighted by Crippen LogP contribution is 2.21. The highest BCUT2D eigenvalue weighted by molar-refractivity contribution is 6.06. The molecule has 5 nitrogen and oxygen atoms in total. The van der Waals surface area contributed by atoms with Crippen molar-refractivity contribution in [2.45, 2.75) is 33.2 Å². The molecule has 0 unspecified atom stereocenters. The molecule has 1 aliphatic rings. The van der Waals surface area contributed by atoms with E-state index in [2.05, 4.69) is 15.2 Å². The van der Waals surface area contributed by atoms with Crippen LogP contribution in [0, 0.1) is 19.8 Å². The van der Waals surface area contributed by atoms with Crippen molar-refractivity contribution in [3.05, 3.63) is 65.4 Å². The number of aryl methyl sites for hydroxylation is 2. The third-order valence-corrected chi connectivity index (χ3v) is 5.72. The molecule has 1 aliphatic heterocycles. The number of hydrogen-bond acceptors (Lipinski definition) is 4. The first-order chi connectivity index (χ1) is 13.6. The van der Waals surface area contributed by atoms with E-state index in [0.29, 0.717) is 5.92 Å².